The third kappa shape index (κ3) is 3.92. The van der Waals surface area contributed by atoms with Gasteiger partial charge in [-0.25, -0.2) is 0 Å². The van der Waals surface area contributed by atoms with Crippen molar-refractivity contribution >= 4 is 17.5 Å². The van der Waals surface area contributed by atoms with Crippen molar-refractivity contribution < 1.29 is 14.3 Å². The minimum Gasteiger partial charge on any atom is -0.497 e. The molecule has 0 aromatic heterocycles. The Labute approximate surface area is 196 Å². The summed E-state index contributed by atoms with van der Waals surface area (Å²) in [5, 5.41) is 5.97. The van der Waals surface area contributed by atoms with Gasteiger partial charge in [-0.15, -0.1) is 0 Å². The lowest BCUT2D eigenvalue weighted by Gasteiger charge is -2.61. The molecule has 0 saturated heterocycles. The van der Waals surface area contributed by atoms with Crippen LogP contribution in [0.1, 0.15) is 55.2 Å². The van der Waals surface area contributed by atoms with Gasteiger partial charge in [-0.2, -0.15) is 0 Å². The van der Waals surface area contributed by atoms with Crippen LogP contribution < -0.4 is 15.4 Å². The van der Waals surface area contributed by atoms with Crippen LogP contribution in [0.25, 0.3) is 0 Å². The average molecular weight is 447 g/mol. The first-order chi connectivity index (χ1) is 15.8. The number of amides is 2. The Morgan fingerprint density at radius 2 is 1.70 bits per heavy atom. The first-order valence-corrected chi connectivity index (χ1v) is 12.1. The maximum absolute atomic E-state index is 13.5. The van der Waals surface area contributed by atoms with E-state index in [1.165, 1.54) is 12.0 Å². The van der Waals surface area contributed by atoms with E-state index in [-0.39, 0.29) is 29.2 Å². The van der Waals surface area contributed by atoms with Gasteiger partial charge in [0.15, 0.2) is 0 Å². The summed E-state index contributed by atoms with van der Waals surface area (Å²) in [4.78, 5) is 26.2. The van der Waals surface area contributed by atoms with Gasteiger partial charge < -0.3 is 15.4 Å². The van der Waals surface area contributed by atoms with Gasteiger partial charge in [0.2, 0.25) is 11.8 Å². The zero-order valence-electron chi connectivity index (χ0n) is 19.9. The summed E-state index contributed by atoms with van der Waals surface area (Å²) in [5.41, 5.74) is 4.04. The number of hydrogen-bond donors (Lipinski definition) is 2. The van der Waals surface area contributed by atoms with Crippen LogP contribution >= 0.6 is 0 Å². The number of carbonyl (C=O) groups excluding carboxylic acids is 2. The number of methoxy groups -OCH3 is 1. The summed E-state index contributed by atoms with van der Waals surface area (Å²) in [6.07, 6.45) is 6.34. The summed E-state index contributed by atoms with van der Waals surface area (Å²) in [6, 6.07) is 14.3. The summed E-state index contributed by atoms with van der Waals surface area (Å²) < 4.78 is 5.35. The van der Waals surface area contributed by atoms with Crippen LogP contribution in [0.3, 0.4) is 0 Å². The summed E-state index contributed by atoms with van der Waals surface area (Å²) in [6.45, 7) is 4.04. The molecule has 5 nitrogen and oxygen atoms in total. The highest BCUT2D eigenvalue weighted by Gasteiger charge is 2.60. The van der Waals surface area contributed by atoms with E-state index < -0.39 is 0 Å². The fraction of sp³-hybridized carbons (Fsp3) is 0.500. The van der Waals surface area contributed by atoms with E-state index in [1.54, 1.807) is 7.11 Å². The lowest BCUT2D eigenvalue weighted by molar-refractivity contribution is -0.149. The second kappa shape index (κ2) is 8.19. The van der Waals surface area contributed by atoms with Crippen molar-refractivity contribution in [1.29, 1.82) is 0 Å². The second-order valence-electron chi connectivity index (χ2n) is 10.7. The molecular formula is C28H34N2O3. The number of ether oxygens (including phenoxy) is 1. The number of carbonyl (C=O) groups is 2. The Balaban J connectivity index is 1.30. The SMILES string of the molecule is COc1ccc(C23CC4CC(CC(C(=O)NCC(=O)Nc5cccc(C)c5C)(C4)C2)C3)cc1. The summed E-state index contributed by atoms with van der Waals surface area (Å²) in [7, 11) is 1.69. The normalized spacial score (nSPS) is 29.5. The maximum atomic E-state index is 13.5. The van der Waals surface area contributed by atoms with Crippen LogP contribution in [-0.2, 0) is 15.0 Å². The van der Waals surface area contributed by atoms with E-state index in [0.29, 0.717) is 11.8 Å². The van der Waals surface area contributed by atoms with Gasteiger partial charge in [-0.05, 0) is 105 Å². The zero-order valence-corrected chi connectivity index (χ0v) is 19.9. The predicted molar refractivity (Wildman–Crippen MR) is 129 cm³/mol. The smallest absolute Gasteiger partial charge is 0.243 e. The highest BCUT2D eigenvalue weighted by molar-refractivity contribution is 5.96. The van der Waals surface area contributed by atoms with Crippen molar-refractivity contribution in [3.63, 3.8) is 0 Å². The van der Waals surface area contributed by atoms with Crippen molar-refractivity contribution in [2.75, 3.05) is 19.0 Å². The van der Waals surface area contributed by atoms with E-state index in [1.807, 2.05) is 44.2 Å². The van der Waals surface area contributed by atoms with Crippen LogP contribution in [0.2, 0.25) is 0 Å². The van der Waals surface area contributed by atoms with Crippen LogP contribution in [0.5, 0.6) is 5.75 Å². The van der Waals surface area contributed by atoms with E-state index in [0.717, 1.165) is 54.7 Å². The molecule has 2 atom stereocenters. The van der Waals surface area contributed by atoms with E-state index in [2.05, 4.69) is 22.8 Å². The van der Waals surface area contributed by atoms with Gasteiger partial charge in [-0.3, -0.25) is 9.59 Å². The molecule has 4 aliphatic rings. The molecule has 4 saturated carbocycles. The minimum atomic E-state index is -0.358. The lowest BCUT2D eigenvalue weighted by Crippen LogP contribution is -2.59. The Kier molecular flexibility index (Phi) is 5.46. The number of anilines is 1. The third-order valence-corrected chi connectivity index (χ3v) is 8.53. The van der Waals surface area contributed by atoms with Gasteiger partial charge in [0.25, 0.3) is 0 Å². The van der Waals surface area contributed by atoms with Gasteiger partial charge in [0.05, 0.1) is 19.1 Å². The molecule has 0 heterocycles. The molecule has 5 heteroatoms. The molecule has 2 amide bonds. The highest BCUT2D eigenvalue weighted by Crippen LogP contribution is 2.65. The fourth-order valence-electron chi connectivity index (χ4n) is 7.24. The number of hydrogen-bond acceptors (Lipinski definition) is 3. The van der Waals surface area contributed by atoms with Crippen molar-refractivity contribution in [3.05, 3.63) is 59.2 Å². The van der Waals surface area contributed by atoms with Crippen LogP contribution in [0.15, 0.2) is 42.5 Å². The van der Waals surface area contributed by atoms with Gasteiger partial charge in [0, 0.05) is 5.69 Å². The van der Waals surface area contributed by atoms with E-state index in [9.17, 15) is 9.59 Å². The van der Waals surface area contributed by atoms with Crippen LogP contribution in [0, 0.1) is 31.1 Å². The Morgan fingerprint density at radius 3 is 2.36 bits per heavy atom. The molecule has 4 aliphatic carbocycles. The zero-order chi connectivity index (χ0) is 23.2. The average Bonchev–Trinajstić information content (AvgIpc) is 2.79. The van der Waals surface area contributed by atoms with Crippen molar-refractivity contribution in [3.8, 4) is 5.75 Å². The predicted octanol–water partition coefficient (Wildman–Crippen LogP) is 4.90. The van der Waals surface area contributed by atoms with Crippen molar-refractivity contribution in [2.45, 2.75) is 57.8 Å². The first-order valence-electron chi connectivity index (χ1n) is 12.1. The highest BCUT2D eigenvalue weighted by atomic mass is 16.5. The number of rotatable bonds is 6. The molecule has 33 heavy (non-hydrogen) atoms. The quantitative estimate of drug-likeness (QED) is 0.663. The summed E-state index contributed by atoms with van der Waals surface area (Å²) >= 11 is 0. The van der Waals surface area contributed by atoms with Crippen molar-refractivity contribution in [2.24, 2.45) is 17.3 Å². The van der Waals surface area contributed by atoms with Gasteiger partial charge >= 0.3 is 0 Å². The maximum Gasteiger partial charge on any atom is 0.243 e. The molecule has 0 spiro atoms. The largest absolute Gasteiger partial charge is 0.497 e. The number of benzene rings is 2. The Morgan fingerprint density at radius 1 is 1.00 bits per heavy atom. The van der Waals surface area contributed by atoms with Gasteiger partial charge in [0.1, 0.15) is 5.75 Å². The standard InChI is InChI=1S/C28H34N2O3/c1-18-5-4-6-24(19(18)2)30-25(31)16-29-26(32)28-14-20-11-21(15-28)13-27(12-20,17-28)22-7-9-23(33-3)10-8-22/h4-10,20-21H,11-17H2,1-3H3,(H,29,32)(H,30,31). The number of aryl methyl sites for hydroxylation is 1. The van der Waals surface area contributed by atoms with E-state index >= 15 is 0 Å². The lowest BCUT2D eigenvalue weighted by atomic mass is 9.42. The molecule has 2 aromatic rings. The van der Waals surface area contributed by atoms with Crippen LogP contribution in [-0.4, -0.2) is 25.5 Å². The Bertz CT molecular complexity index is 1060. The second-order valence-corrected chi connectivity index (χ2v) is 10.7. The molecule has 6 rings (SSSR count). The fourth-order valence-corrected chi connectivity index (χ4v) is 7.24. The molecule has 2 N–H and O–H groups in total. The Hall–Kier alpha value is -2.82. The molecule has 0 radical (unpaired) electrons. The minimum absolute atomic E-state index is 0.0127. The number of nitrogens with one attached hydrogen (secondary N) is 2. The molecule has 4 fully saturated rings. The van der Waals surface area contributed by atoms with E-state index in [4.69, 9.17) is 4.74 Å². The topological polar surface area (TPSA) is 67.4 Å². The molecule has 4 bridgehead atoms. The first kappa shape index (κ1) is 22.0. The van der Waals surface area contributed by atoms with Crippen molar-refractivity contribution in [1.82, 2.24) is 5.32 Å². The molecular weight excluding hydrogens is 412 g/mol. The van der Waals surface area contributed by atoms with Gasteiger partial charge in [-0.1, -0.05) is 24.3 Å². The third-order valence-electron chi connectivity index (χ3n) is 8.53. The molecule has 174 valence electrons. The molecule has 2 unspecified atom stereocenters. The monoisotopic (exact) mass is 446 g/mol. The summed E-state index contributed by atoms with van der Waals surface area (Å²) in [5.74, 6) is 1.92. The molecule has 0 aliphatic heterocycles. The molecule has 2 aromatic carbocycles. The van der Waals surface area contributed by atoms with Crippen LogP contribution in [0.4, 0.5) is 5.69 Å².